The van der Waals surface area contributed by atoms with Gasteiger partial charge in [-0.05, 0) is 24.3 Å². The van der Waals surface area contributed by atoms with Crippen molar-refractivity contribution in [3.8, 4) is 0 Å². The molecular weight excluding hydrogens is 304 g/mol. The normalized spacial score (nSPS) is 10.2. The van der Waals surface area contributed by atoms with Gasteiger partial charge in [0.05, 0.1) is 11.9 Å². The van der Waals surface area contributed by atoms with Crippen LogP contribution in [0, 0.1) is 0 Å². The van der Waals surface area contributed by atoms with Gasteiger partial charge < -0.3 is 5.32 Å². The molecular formula is C10H9BrN4OS. The van der Waals surface area contributed by atoms with Gasteiger partial charge in [0.15, 0.2) is 0 Å². The van der Waals surface area contributed by atoms with Crippen molar-refractivity contribution >= 4 is 39.3 Å². The maximum absolute atomic E-state index is 11.6. The van der Waals surface area contributed by atoms with Crippen LogP contribution < -0.4 is 5.32 Å². The summed E-state index contributed by atoms with van der Waals surface area (Å²) in [6, 6.07) is 7.42. The van der Waals surface area contributed by atoms with Crippen LogP contribution in [0.15, 0.2) is 40.0 Å². The molecule has 0 aliphatic rings. The standard InChI is InChI=1S/C10H9BrN4OS/c11-7-1-3-8(4-2-7)13-9(16)6-17-10-5-12-15-14-10/h1-5H,6H2,(H,13,16)(H,12,14,15). The van der Waals surface area contributed by atoms with Crippen LogP contribution in [0.1, 0.15) is 0 Å². The Hall–Kier alpha value is -1.34. The summed E-state index contributed by atoms with van der Waals surface area (Å²) in [7, 11) is 0. The Balaban J connectivity index is 1.83. The van der Waals surface area contributed by atoms with Crippen molar-refractivity contribution in [1.82, 2.24) is 15.4 Å². The lowest BCUT2D eigenvalue weighted by Gasteiger charge is -2.03. The van der Waals surface area contributed by atoms with Crippen molar-refractivity contribution in [1.29, 1.82) is 0 Å². The van der Waals surface area contributed by atoms with Gasteiger partial charge in [-0.2, -0.15) is 10.3 Å². The van der Waals surface area contributed by atoms with Crippen molar-refractivity contribution in [3.63, 3.8) is 0 Å². The number of aromatic amines is 1. The molecule has 0 aliphatic carbocycles. The quantitative estimate of drug-likeness (QED) is 0.850. The lowest BCUT2D eigenvalue weighted by molar-refractivity contribution is -0.113. The monoisotopic (exact) mass is 312 g/mol. The van der Waals surface area contributed by atoms with Crippen LogP contribution in [0.2, 0.25) is 0 Å². The molecule has 2 rings (SSSR count). The van der Waals surface area contributed by atoms with E-state index < -0.39 is 0 Å². The third-order valence-corrected chi connectivity index (χ3v) is 3.30. The van der Waals surface area contributed by atoms with Crippen LogP contribution in [0.5, 0.6) is 0 Å². The number of aromatic nitrogens is 3. The number of thioether (sulfide) groups is 1. The molecule has 1 heterocycles. The van der Waals surface area contributed by atoms with Gasteiger partial charge in [0.1, 0.15) is 5.03 Å². The second kappa shape index (κ2) is 5.83. The number of nitrogens with zero attached hydrogens (tertiary/aromatic N) is 2. The molecule has 0 radical (unpaired) electrons. The first-order chi connectivity index (χ1) is 8.24. The van der Waals surface area contributed by atoms with Gasteiger partial charge >= 0.3 is 0 Å². The molecule has 2 aromatic rings. The number of hydrogen-bond acceptors (Lipinski definition) is 4. The van der Waals surface area contributed by atoms with E-state index in [2.05, 4.69) is 36.7 Å². The van der Waals surface area contributed by atoms with E-state index in [4.69, 9.17) is 0 Å². The van der Waals surface area contributed by atoms with E-state index in [0.29, 0.717) is 10.8 Å². The number of nitrogens with one attached hydrogen (secondary N) is 2. The summed E-state index contributed by atoms with van der Waals surface area (Å²) in [5.41, 5.74) is 0.777. The lowest BCUT2D eigenvalue weighted by atomic mass is 10.3. The zero-order valence-corrected chi connectivity index (χ0v) is 11.1. The lowest BCUT2D eigenvalue weighted by Crippen LogP contribution is -2.13. The number of rotatable bonds is 4. The minimum absolute atomic E-state index is 0.0691. The van der Waals surface area contributed by atoms with E-state index in [1.807, 2.05) is 24.3 Å². The van der Waals surface area contributed by atoms with Crippen molar-refractivity contribution in [2.75, 3.05) is 11.1 Å². The summed E-state index contributed by atoms with van der Waals surface area (Å²) >= 11 is 4.66. The number of carbonyl (C=O) groups excluding carboxylic acids is 1. The molecule has 1 aromatic carbocycles. The first-order valence-electron chi connectivity index (χ1n) is 4.78. The summed E-state index contributed by atoms with van der Waals surface area (Å²) in [6.45, 7) is 0. The first-order valence-corrected chi connectivity index (χ1v) is 6.56. The molecule has 17 heavy (non-hydrogen) atoms. The molecule has 0 saturated carbocycles. The summed E-state index contributed by atoms with van der Waals surface area (Å²) < 4.78 is 0.979. The Labute approximate surface area is 111 Å². The second-order valence-corrected chi connectivity index (χ2v) is 5.06. The smallest absolute Gasteiger partial charge is 0.234 e. The highest BCUT2D eigenvalue weighted by Gasteiger charge is 2.04. The highest BCUT2D eigenvalue weighted by atomic mass is 79.9. The summed E-state index contributed by atoms with van der Waals surface area (Å²) in [6.07, 6.45) is 1.58. The minimum Gasteiger partial charge on any atom is -0.325 e. The van der Waals surface area contributed by atoms with Gasteiger partial charge in [-0.15, -0.1) is 5.10 Å². The molecule has 88 valence electrons. The summed E-state index contributed by atoms with van der Waals surface area (Å²) in [4.78, 5) is 11.6. The zero-order chi connectivity index (χ0) is 12.1. The fourth-order valence-corrected chi connectivity index (χ4v) is 1.98. The topological polar surface area (TPSA) is 70.7 Å². The Morgan fingerprint density at radius 1 is 1.41 bits per heavy atom. The summed E-state index contributed by atoms with van der Waals surface area (Å²) in [5.74, 6) is 0.239. The van der Waals surface area contributed by atoms with Crippen molar-refractivity contribution in [3.05, 3.63) is 34.9 Å². The van der Waals surface area contributed by atoms with E-state index in [1.54, 1.807) is 6.20 Å². The number of H-pyrrole nitrogens is 1. The van der Waals surface area contributed by atoms with E-state index in [9.17, 15) is 4.79 Å². The average molecular weight is 313 g/mol. The Morgan fingerprint density at radius 2 is 2.18 bits per heavy atom. The Bertz CT molecular complexity index is 486. The molecule has 0 atom stereocenters. The van der Waals surface area contributed by atoms with Gasteiger partial charge in [0, 0.05) is 10.2 Å². The minimum atomic E-state index is -0.0691. The largest absolute Gasteiger partial charge is 0.325 e. The molecule has 0 unspecified atom stereocenters. The first kappa shape index (κ1) is 12.1. The van der Waals surface area contributed by atoms with Crippen molar-refractivity contribution in [2.45, 2.75) is 5.03 Å². The van der Waals surface area contributed by atoms with Crippen molar-refractivity contribution < 1.29 is 4.79 Å². The highest BCUT2D eigenvalue weighted by molar-refractivity contribution is 9.10. The van der Waals surface area contributed by atoms with Gasteiger partial charge in [-0.1, -0.05) is 27.7 Å². The number of hydrogen-bond donors (Lipinski definition) is 2. The maximum Gasteiger partial charge on any atom is 0.234 e. The number of benzene rings is 1. The van der Waals surface area contributed by atoms with E-state index >= 15 is 0 Å². The molecule has 0 spiro atoms. The SMILES string of the molecule is O=C(CSc1cn[nH]n1)Nc1ccc(Br)cc1. The van der Waals surface area contributed by atoms with Crippen LogP contribution in [0.25, 0.3) is 0 Å². The van der Waals surface area contributed by atoms with Crippen LogP contribution >= 0.6 is 27.7 Å². The van der Waals surface area contributed by atoms with Crippen LogP contribution in [0.3, 0.4) is 0 Å². The van der Waals surface area contributed by atoms with E-state index in [0.717, 1.165) is 10.2 Å². The fourth-order valence-electron chi connectivity index (χ4n) is 1.13. The predicted octanol–water partition coefficient (Wildman–Crippen LogP) is 2.30. The van der Waals surface area contributed by atoms with Gasteiger partial charge in [-0.25, -0.2) is 0 Å². The Kier molecular flexibility index (Phi) is 4.16. The molecule has 0 aliphatic heterocycles. The highest BCUT2D eigenvalue weighted by Crippen LogP contribution is 2.16. The molecule has 5 nitrogen and oxygen atoms in total. The van der Waals surface area contributed by atoms with Crippen molar-refractivity contribution in [2.24, 2.45) is 0 Å². The zero-order valence-electron chi connectivity index (χ0n) is 8.68. The molecule has 0 fully saturated rings. The molecule has 7 heteroatoms. The molecule has 2 N–H and O–H groups in total. The summed E-state index contributed by atoms with van der Waals surface area (Å²) in [5, 5.41) is 13.5. The van der Waals surface area contributed by atoms with Crippen LogP contribution in [-0.2, 0) is 4.79 Å². The third kappa shape index (κ3) is 3.86. The second-order valence-electron chi connectivity index (χ2n) is 3.15. The van der Waals surface area contributed by atoms with Crippen LogP contribution in [0.4, 0.5) is 5.69 Å². The molecule has 1 amide bonds. The fraction of sp³-hybridized carbons (Fsp3) is 0.100. The third-order valence-electron chi connectivity index (χ3n) is 1.87. The molecule has 1 aromatic heterocycles. The molecule has 0 saturated heterocycles. The maximum atomic E-state index is 11.6. The number of carbonyl (C=O) groups is 1. The predicted molar refractivity (Wildman–Crippen MR) is 69.9 cm³/mol. The average Bonchev–Trinajstić information content (AvgIpc) is 2.83. The number of amides is 1. The number of anilines is 1. The van der Waals surface area contributed by atoms with Gasteiger partial charge in [0.2, 0.25) is 5.91 Å². The van der Waals surface area contributed by atoms with E-state index in [-0.39, 0.29) is 5.91 Å². The number of halogens is 1. The van der Waals surface area contributed by atoms with Gasteiger partial charge in [-0.3, -0.25) is 4.79 Å². The van der Waals surface area contributed by atoms with Crippen LogP contribution in [-0.4, -0.2) is 27.1 Å². The Morgan fingerprint density at radius 3 is 2.82 bits per heavy atom. The molecule has 0 bridgehead atoms. The van der Waals surface area contributed by atoms with Gasteiger partial charge in [0.25, 0.3) is 0 Å². The van der Waals surface area contributed by atoms with E-state index in [1.165, 1.54) is 11.8 Å².